The van der Waals surface area contributed by atoms with Gasteiger partial charge in [0.1, 0.15) is 0 Å². The number of amides is 1. The first-order valence-electron chi connectivity index (χ1n) is 4.92. The fourth-order valence-electron chi connectivity index (χ4n) is 2.08. The molecule has 2 saturated heterocycles. The third kappa shape index (κ3) is 1.34. The second-order valence-corrected chi connectivity index (χ2v) is 3.65. The Labute approximate surface area is 78.2 Å². The lowest BCUT2D eigenvalue weighted by Crippen LogP contribution is -2.57. The number of carbonyl (C=O) groups excluding carboxylic acids is 1. The molecule has 2 aliphatic heterocycles. The van der Waals surface area contributed by atoms with Gasteiger partial charge in [0.05, 0.1) is 6.61 Å². The topological polar surface area (TPSA) is 41.6 Å². The molecule has 1 N–H and O–H groups in total. The second-order valence-electron chi connectivity index (χ2n) is 3.65. The van der Waals surface area contributed by atoms with Crippen LogP contribution < -0.4 is 5.32 Å². The van der Waals surface area contributed by atoms with E-state index in [1.54, 1.807) is 0 Å². The third-order valence-corrected chi connectivity index (χ3v) is 2.91. The maximum atomic E-state index is 11.9. The molecule has 0 bridgehead atoms. The van der Waals surface area contributed by atoms with Crippen LogP contribution in [0.25, 0.3) is 0 Å². The average Bonchev–Trinajstić information content (AvgIpc) is 2.60. The highest BCUT2D eigenvalue weighted by atomic mass is 16.5. The fourth-order valence-corrected chi connectivity index (χ4v) is 2.08. The first-order chi connectivity index (χ1) is 6.28. The van der Waals surface area contributed by atoms with Crippen molar-refractivity contribution in [2.45, 2.75) is 18.9 Å². The minimum Gasteiger partial charge on any atom is -0.362 e. The molecule has 0 aromatic carbocycles. The average molecular weight is 184 g/mol. The first-order valence-corrected chi connectivity index (χ1v) is 4.92. The molecule has 4 nitrogen and oxygen atoms in total. The summed E-state index contributed by atoms with van der Waals surface area (Å²) in [6.45, 7) is 5.81. The largest absolute Gasteiger partial charge is 0.362 e. The van der Waals surface area contributed by atoms with Crippen LogP contribution in [0.5, 0.6) is 0 Å². The van der Waals surface area contributed by atoms with E-state index in [1.807, 2.05) is 11.8 Å². The molecule has 0 aromatic rings. The monoisotopic (exact) mass is 184 g/mol. The summed E-state index contributed by atoms with van der Waals surface area (Å²) < 4.78 is 5.62. The Bertz CT molecular complexity index is 212. The molecule has 0 aliphatic carbocycles. The Balaban J connectivity index is 2.14. The van der Waals surface area contributed by atoms with E-state index in [0.29, 0.717) is 13.2 Å². The molecule has 4 heteroatoms. The summed E-state index contributed by atoms with van der Waals surface area (Å²) in [5, 5.41) is 3.19. The Morgan fingerprint density at radius 2 is 2.54 bits per heavy atom. The molecule has 0 radical (unpaired) electrons. The van der Waals surface area contributed by atoms with Crippen LogP contribution in [0.15, 0.2) is 0 Å². The van der Waals surface area contributed by atoms with Crippen molar-refractivity contribution >= 4 is 5.91 Å². The summed E-state index contributed by atoms with van der Waals surface area (Å²) in [4.78, 5) is 13.8. The second kappa shape index (κ2) is 3.27. The molecule has 74 valence electrons. The van der Waals surface area contributed by atoms with E-state index < -0.39 is 5.60 Å². The fraction of sp³-hybridized carbons (Fsp3) is 0.889. The molecule has 2 fully saturated rings. The number of carbonyl (C=O) groups is 1. The number of morpholine rings is 1. The summed E-state index contributed by atoms with van der Waals surface area (Å²) in [7, 11) is 0. The van der Waals surface area contributed by atoms with Crippen molar-refractivity contribution in [3.05, 3.63) is 0 Å². The zero-order chi connectivity index (χ0) is 9.31. The van der Waals surface area contributed by atoms with Crippen LogP contribution in [0.1, 0.15) is 13.3 Å². The van der Waals surface area contributed by atoms with Gasteiger partial charge >= 0.3 is 0 Å². The minimum absolute atomic E-state index is 0.172. The maximum Gasteiger partial charge on any atom is 0.256 e. The Morgan fingerprint density at radius 3 is 3.15 bits per heavy atom. The van der Waals surface area contributed by atoms with E-state index in [2.05, 4.69) is 5.32 Å². The molecule has 2 rings (SSSR count). The number of rotatable bonds is 1. The molecule has 2 heterocycles. The lowest BCUT2D eigenvalue weighted by atomic mass is 9.99. The van der Waals surface area contributed by atoms with Crippen molar-refractivity contribution in [3.8, 4) is 0 Å². The van der Waals surface area contributed by atoms with Crippen LogP contribution in [0.2, 0.25) is 0 Å². The van der Waals surface area contributed by atoms with Gasteiger partial charge in [0, 0.05) is 19.6 Å². The van der Waals surface area contributed by atoms with Crippen LogP contribution in [-0.2, 0) is 9.53 Å². The molecule has 0 saturated carbocycles. The van der Waals surface area contributed by atoms with Gasteiger partial charge in [-0.1, -0.05) is 0 Å². The summed E-state index contributed by atoms with van der Waals surface area (Å²) in [5.74, 6) is 0.172. The van der Waals surface area contributed by atoms with Gasteiger partial charge in [-0.05, 0) is 19.9 Å². The smallest absolute Gasteiger partial charge is 0.256 e. The third-order valence-electron chi connectivity index (χ3n) is 2.91. The Morgan fingerprint density at radius 1 is 1.69 bits per heavy atom. The summed E-state index contributed by atoms with van der Waals surface area (Å²) in [5.41, 5.74) is -0.520. The van der Waals surface area contributed by atoms with E-state index >= 15 is 0 Å². The number of hydrogen-bond acceptors (Lipinski definition) is 3. The molecule has 1 amide bonds. The molecular formula is C9H16N2O2. The number of likely N-dealkylation sites (N-methyl/N-ethyl adjacent to an activating group) is 1. The van der Waals surface area contributed by atoms with Crippen LogP contribution in [0.3, 0.4) is 0 Å². The van der Waals surface area contributed by atoms with E-state index in [0.717, 1.165) is 26.1 Å². The molecular weight excluding hydrogens is 168 g/mol. The van der Waals surface area contributed by atoms with Gasteiger partial charge in [0.2, 0.25) is 0 Å². The number of nitrogens with one attached hydrogen (secondary N) is 1. The molecule has 2 aliphatic rings. The summed E-state index contributed by atoms with van der Waals surface area (Å²) >= 11 is 0. The number of hydrogen-bond donors (Lipinski definition) is 1. The van der Waals surface area contributed by atoms with E-state index in [1.165, 1.54) is 0 Å². The van der Waals surface area contributed by atoms with E-state index in [9.17, 15) is 4.79 Å². The minimum atomic E-state index is -0.520. The lowest BCUT2D eigenvalue weighted by molar-refractivity contribution is -0.168. The zero-order valence-corrected chi connectivity index (χ0v) is 8.01. The van der Waals surface area contributed by atoms with Crippen LogP contribution in [0, 0.1) is 0 Å². The van der Waals surface area contributed by atoms with E-state index in [-0.39, 0.29) is 5.91 Å². The normalized spacial score (nSPS) is 34.5. The first kappa shape index (κ1) is 8.97. The van der Waals surface area contributed by atoms with Crippen molar-refractivity contribution in [1.29, 1.82) is 0 Å². The van der Waals surface area contributed by atoms with Crippen molar-refractivity contribution in [3.63, 3.8) is 0 Å². The van der Waals surface area contributed by atoms with Gasteiger partial charge in [-0.2, -0.15) is 0 Å². The zero-order valence-electron chi connectivity index (χ0n) is 8.01. The highest BCUT2D eigenvalue weighted by Crippen LogP contribution is 2.25. The van der Waals surface area contributed by atoms with E-state index in [4.69, 9.17) is 4.74 Å². The summed E-state index contributed by atoms with van der Waals surface area (Å²) in [6, 6.07) is 0. The SMILES string of the molecule is CCN1CCO[C@@]2(CCNC2)C1=O. The predicted octanol–water partition coefficient (Wildman–Crippen LogP) is -0.403. The molecule has 0 aromatic heterocycles. The number of ether oxygens (including phenoxy) is 1. The molecule has 1 atom stereocenters. The lowest BCUT2D eigenvalue weighted by Gasteiger charge is -2.38. The molecule has 0 unspecified atom stereocenters. The van der Waals surface area contributed by atoms with Gasteiger partial charge in [-0.15, -0.1) is 0 Å². The van der Waals surface area contributed by atoms with Crippen molar-refractivity contribution in [2.75, 3.05) is 32.8 Å². The van der Waals surface area contributed by atoms with Crippen LogP contribution in [-0.4, -0.2) is 49.2 Å². The van der Waals surface area contributed by atoms with Gasteiger partial charge in [-0.3, -0.25) is 4.79 Å². The Kier molecular flexibility index (Phi) is 2.26. The quantitative estimate of drug-likeness (QED) is 0.603. The van der Waals surface area contributed by atoms with Gasteiger partial charge in [0.15, 0.2) is 5.60 Å². The van der Waals surface area contributed by atoms with Crippen molar-refractivity contribution in [2.24, 2.45) is 0 Å². The Hall–Kier alpha value is -0.610. The van der Waals surface area contributed by atoms with Crippen LogP contribution >= 0.6 is 0 Å². The number of nitrogens with zero attached hydrogens (tertiary/aromatic N) is 1. The van der Waals surface area contributed by atoms with Gasteiger partial charge in [-0.25, -0.2) is 0 Å². The maximum absolute atomic E-state index is 11.9. The predicted molar refractivity (Wildman–Crippen MR) is 48.4 cm³/mol. The standard InChI is InChI=1S/C9H16N2O2/c1-2-11-5-6-13-9(8(11)12)3-4-10-7-9/h10H,2-7H2,1H3/t9-/m1/s1. The van der Waals surface area contributed by atoms with Crippen molar-refractivity contribution in [1.82, 2.24) is 10.2 Å². The summed E-state index contributed by atoms with van der Waals surface area (Å²) in [6.07, 6.45) is 0.822. The van der Waals surface area contributed by atoms with Crippen molar-refractivity contribution < 1.29 is 9.53 Å². The highest BCUT2D eigenvalue weighted by molar-refractivity contribution is 5.86. The molecule has 13 heavy (non-hydrogen) atoms. The van der Waals surface area contributed by atoms with Gasteiger partial charge < -0.3 is 15.0 Å². The van der Waals surface area contributed by atoms with Crippen LogP contribution in [0.4, 0.5) is 0 Å². The molecule has 1 spiro atoms. The highest BCUT2D eigenvalue weighted by Gasteiger charge is 2.46. The van der Waals surface area contributed by atoms with Gasteiger partial charge in [0.25, 0.3) is 5.91 Å².